The third kappa shape index (κ3) is 3.26. The third-order valence-corrected chi connectivity index (χ3v) is 3.46. The van der Waals surface area contributed by atoms with E-state index < -0.39 is 0 Å². The summed E-state index contributed by atoms with van der Waals surface area (Å²) in [5, 5.41) is 0. The lowest BCUT2D eigenvalue weighted by molar-refractivity contribution is -0.671. The van der Waals surface area contributed by atoms with E-state index in [1.165, 1.54) is 22.4 Å². The van der Waals surface area contributed by atoms with Crippen molar-refractivity contribution in [3.05, 3.63) is 67.4 Å². The summed E-state index contributed by atoms with van der Waals surface area (Å²) in [6.45, 7) is 0. The molecule has 0 amide bonds. The van der Waals surface area contributed by atoms with E-state index in [-0.39, 0.29) is 24.0 Å². The fourth-order valence-corrected chi connectivity index (χ4v) is 2.43. The fraction of sp³-hybridized carbons (Fsp3) is 0.118. The van der Waals surface area contributed by atoms with Gasteiger partial charge in [-0.1, -0.05) is 0 Å². The monoisotopic (exact) mass is 391 g/mol. The van der Waals surface area contributed by atoms with Gasteiger partial charge in [-0.05, 0) is 6.07 Å². The number of nitrogens with zero attached hydrogens (tertiary/aromatic N) is 2. The van der Waals surface area contributed by atoms with Gasteiger partial charge in [0.2, 0.25) is 5.69 Å². The van der Waals surface area contributed by atoms with E-state index in [0.717, 1.165) is 0 Å². The van der Waals surface area contributed by atoms with Crippen LogP contribution < -0.4 is 38.1 Å². The van der Waals surface area contributed by atoms with Crippen LogP contribution in [0.5, 0.6) is 0 Å². The van der Waals surface area contributed by atoms with E-state index >= 15 is 0 Å². The van der Waals surface area contributed by atoms with Crippen molar-refractivity contribution in [3.8, 4) is 22.4 Å². The zero-order valence-corrected chi connectivity index (χ0v) is 14.3. The van der Waals surface area contributed by atoms with Crippen LogP contribution in [0.15, 0.2) is 67.4 Å². The molecule has 0 unspecified atom stereocenters. The summed E-state index contributed by atoms with van der Waals surface area (Å²) in [5.41, 5.74) is 4.88. The summed E-state index contributed by atoms with van der Waals surface area (Å²) >= 11 is 0. The van der Waals surface area contributed by atoms with Crippen molar-refractivity contribution >= 4 is 0 Å². The largest absolute Gasteiger partial charge is 1.00 e. The molecule has 1 N–H and O–H groups in total. The maximum Gasteiger partial charge on any atom is 0.220 e. The normalized spacial score (nSPS) is 10.0. The highest BCUT2D eigenvalue weighted by Gasteiger charge is 2.17. The van der Waals surface area contributed by atoms with E-state index in [1.54, 1.807) is 0 Å². The third-order valence-electron chi connectivity index (χ3n) is 3.46. The van der Waals surface area contributed by atoms with Gasteiger partial charge in [-0.3, -0.25) is 0 Å². The minimum Gasteiger partial charge on any atom is -1.00 e. The van der Waals surface area contributed by atoms with Crippen LogP contribution in [-0.4, -0.2) is 0 Å². The number of rotatable bonds is 2. The molecule has 3 nitrogen and oxygen atoms in total. The van der Waals surface area contributed by atoms with Gasteiger partial charge in [-0.25, -0.2) is 14.1 Å². The van der Waals surface area contributed by atoms with Gasteiger partial charge < -0.3 is 24.0 Å². The summed E-state index contributed by atoms with van der Waals surface area (Å²) in [4.78, 5) is 3.08. The Hall–Kier alpha value is -1.82. The first-order chi connectivity index (χ1) is 9.75. The summed E-state index contributed by atoms with van der Waals surface area (Å²) < 4.78 is 4.21. The molecule has 0 spiro atoms. The molecule has 3 heterocycles. The van der Waals surface area contributed by atoms with Crippen molar-refractivity contribution in [2.75, 3.05) is 0 Å². The highest BCUT2D eigenvalue weighted by molar-refractivity contribution is 5.77. The maximum atomic E-state index is 3.08. The average Bonchev–Trinajstić information content (AvgIpc) is 2.49. The van der Waals surface area contributed by atoms with Crippen molar-refractivity contribution in [2.45, 2.75) is 0 Å². The van der Waals surface area contributed by atoms with Crippen molar-refractivity contribution in [3.63, 3.8) is 0 Å². The standard InChI is InChI=1S/C17H17N3.HI/c1-19-12-7-14(8-13-19)16-4-3-11-20(2)17(16)15-5-9-18-10-6-15;/h3-13H,1-2H3;1H/q+2;. The van der Waals surface area contributed by atoms with Crippen LogP contribution in [0.3, 0.4) is 0 Å². The number of aryl methyl sites for hydroxylation is 2. The van der Waals surface area contributed by atoms with Crippen LogP contribution in [0, 0.1) is 0 Å². The molecule has 0 radical (unpaired) electrons. The van der Waals surface area contributed by atoms with E-state index in [0.29, 0.717) is 0 Å². The number of halogens is 1. The smallest absolute Gasteiger partial charge is 0.220 e. The van der Waals surface area contributed by atoms with Crippen molar-refractivity contribution < 1.29 is 38.1 Å². The molecule has 0 aliphatic heterocycles. The van der Waals surface area contributed by atoms with E-state index in [4.69, 9.17) is 0 Å². The van der Waals surface area contributed by atoms with Crippen LogP contribution in [0.2, 0.25) is 0 Å². The molecule has 0 aromatic carbocycles. The number of pyridine rings is 3. The van der Waals surface area contributed by atoms with Gasteiger partial charge in [0.1, 0.15) is 14.1 Å². The van der Waals surface area contributed by atoms with Gasteiger partial charge in [-0.15, -0.1) is 0 Å². The molecule has 0 fully saturated rings. The Morgan fingerprint density at radius 3 is 2.14 bits per heavy atom. The predicted molar refractivity (Wildman–Crippen MR) is 76.2 cm³/mol. The SMILES string of the molecule is C[n+]1ccc(-c2ccc[n+](C)c2-c2cc[nH+]cc2)cc1.[I-]. The van der Waals surface area contributed by atoms with Crippen molar-refractivity contribution in [1.29, 1.82) is 0 Å². The first kappa shape index (κ1) is 15.6. The number of hydrogen-bond acceptors (Lipinski definition) is 0. The first-order valence-electron chi connectivity index (χ1n) is 6.66. The van der Waals surface area contributed by atoms with Gasteiger partial charge in [0.15, 0.2) is 31.0 Å². The molecular weight excluding hydrogens is 373 g/mol. The number of hydrogen-bond donors (Lipinski definition) is 0. The molecule has 3 rings (SSSR count). The molecule has 3 aromatic rings. The molecule has 3 aromatic heterocycles. The molecule has 0 bridgehead atoms. The molecule has 4 heteroatoms. The van der Waals surface area contributed by atoms with Gasteiger partial charge in [0.25, 0.3) is 0 Å². The molecular formula is C17H18IN3+2. The van der Waals surface area contributed by atoms with Gasteiger partial charge in [-0.2, -0.15) is 0 Å². The fourth-order valence-electron chi connectivity index (χ4n) is 2.43. The Bertz CT molecular complexity index is 725. The first-order valence-corrected chi connectivity index (χ1v) is 6.66. The lowest BCUT2D eigenvalue weighted by Crippen LogP contribution is -3.00. The lowest BCUT2D eigenvalue weighted by atomic mass is 10.0. The molecule has 21 heavy (non-hydrogen) atoms. The quantitative estimate of drug-likeness (QED) is 0.375. The molecule has 0 saturated carbocycles. The van der Waals surface area contributed by atoms with E-state index in [1.807, 2.05) is 24.0 Å². The predicted octanol–water partition coefficient (Wildman–Crippen LogP) is -1.51. The van der Waals surface area contributed by atoms with Crippen molar-refractivity contribution in [1.82, 2.24) is 0 Å². The number of aromatic amines is 1. The molecule has 0 saturated heterocycles. The average molecular weight is 391 g/mol. The summed E-state index contributed by atoms with van der Waals surface area (Å²) in [6.07, 6.45) is 10.1. The number of H-pyrrole nitrogens is 1. The minimum atomic E-state index is 0. The molecule has 0 aliphatic carbocycles. The van der Waals surface area contributed by atoms with Crippen molar-refractivity contribution in [2.24, 2.45) is 14.1 Å². The van der Waals surface area contributed by atoms with Crippen LogP contribution >= 0.6 is 0 Å². The minimum absolute atomic E-state index is 0. The van der Waals surface area contributed by atoms with E-state index in [9.17, 15) is 0 Å². The van der Waals surface area contributed by atoms with Crippen LogP contribution in [-0.2, 0) is 14.1 Å². The Kier molecular flexibility index (Phi) is 5.01. The lowest BCUT2D eigenvalue weighted by Gasteiger charge is -2.06. The Balaban J connectivity index is 0.00000161. The van der Waals surface area contributed by atoms with Crippen LogP contribution in [0.4, 0.5) is 0 Å². The summed E-state index contributed by atoms with van der Waals surface area (Å²) in [5.74, 6) is 0. The van der Waals surface area contributed by atoms with Crippen LogP contribution in [0.1, 0.15) is 0 Å². The van der Waals surface area contributed by atoms with E-state index in [2.05, 4.69) is 71.6 Å². The second-order valence-corrected chi connectivity index (χ2v) is 4.92. The Morgan fingerprint density at radius 1 is 0.810 bits per heavy atom. The summed E-state index contributed by atoms with van der Waals surface area (Å²) in [7, 11) is 4.11. The van der Waals surface area contributed by atoms with Gasteiger partial charge >= 0.3 is 0 Å². The highest BCUT2D eigenvalue weighted by atomic mass is 127. The molecule has 0 atom stereocenters. The van der Waals surface area contributed by atoms with Gasteiger partial charge in [0, 0.05) is 35.9 Å². The van der Waals surface area contributed by atoms with Crippen LogP contribution in [0.25, 0.3) is 22.4 Å². The second-order valence-electron chi connectivity index (χ2n) is 4.92. The second kappa shape index (κ2) is 6.76. The number of nitrogens with one attached hydrogen (secondary N) is 1. The van der Waals surface area contributed by atoms with Gasteiger partial charge in [0.05, 0.1) is 11.1 Å². The summed E-state index contributed by atoms with van der Waals surface area (Å²) in [6, 6.07) is 12.7. The zero-order chi connectivity index (χ0) is 13.9. The molecule has 0 aliphatic rings. The molecule has 106 valence electrons. The maximum absolute atomic E-state index is 3.08. The highest BCUT2D eigenvalue weighted by Crippen LogP contribution is 2.27. The Labute approximate surface area is 141 Å². The zero-order valence-electron chi connectivity index (χ0n) is 12.1. The number of aromatic nitrogens is 3. The topological polar surface area (TPSA) is 21.9 Å². The Morgan fingerprint density at radius 2 is 1.48 bits per heavy atom.